The van der Waals surface area contributed by atoms with Gasteiger partial charge in [0, 0.05) is 0 Å². The maximum atomic E-state index is 2.79. The molecule has 0 bridgehead atoms. The van der Waals surface area contributed by atoms with Crippen LogP contribution in [0, 0.1) is 0 Å². The van der Waals surface area contributed by atoms with Crippen molar-refractivity contribution in [2.45, 2.75) is 156 Å². The smallest absolute Gasteiger partial charge is 0.00187 e. The zero-order valence-electron chi connectivity index (χ0n) is 23.3. The summed E-state index contributed by atoms with van der Waals surface area (Å²) in [5.74, 6) is 0. The summed E-state index contributed by atoms with van der Waals surface area (Å²) in [7, 11) is 0. The maximum Gasteiger partial charge on any atom is -0.00187 e. The number of nitrogens with zero attached hydrogens (tertiary/aromatic N) is 2. The van der Waals surface area contributed by atoms with E-state index in [1.807, 2.05) is 0 Å². The van der Waals surface area contributed by atoms with Gasteiger partial charge >= 0.3 is 0 Å². The lowest BCUT2D eigenvalue weighted by molar-refractivity contribution is 0.245. The van der Waals surface area contributed by atoms with Crippen molar-refractivity contribution >= 4 is 0 Å². The summed E-state index contributed by atoms with van der Waals surface area (Å²) in [4.78, 5) is 5.58. The second kappa shape index (κ2) is 27.2. The molecule has 194 valence electrons. The topological polar surface area (TPSA) is 6.48 Å². The lowest BCUT2D eigenvalue weighted by atomic mass is 10.1. The number of rotatable bonds is 27. The van der Waals surface area contributed by atoms with Crippen LogP contribution in [0.15, 0.2) is 0 Å². The average Bonchev–Trinajstić information content (AvgIpc) is 2.80. The van der Waals surface area contributed by atoms with Gasteiger partial charge in [0.1, 0.15) is 0 Å². The van der Waals surface area contributed by atoms with E-state index >= 15 is 0 Å². The van der Waals surface area contributed by atoms with E-state index in [0.29, 0.717) is 0 Å². The predicted octanol–water partition coefficient (Wildman–Crippen LogP) is 9.47. The SMILES string of the molecule is CCCCCCN(CCCCCC)CCCCCCN(CCCCCC)CCCCCC. The first-order chi connectivity index (χ1) is 15.8. The third-order valence-electron chi connectivity index (χ3n) is 7.01. The van der Waals surface area contributed by atoms with E-state index in [1.54, 1.807) is 0 Å². The molecule has 0 radical (unpaired) electrons. The highest BCUT2D eigenvalue weighted by Gasteiger charge is 2.07. The Bertz CT molecular complexity index is 275. The van der Waals surface area contributed by atoms with Crippen LogP contribution in [-0.2, 0) is 0 Å². The maximum absolute atomic E-state index is 2.79. The number of unbranched alkanes of at least 4 members (excludes halogenated alkanes) is 15. The fraction of sp³-hybridized carbons (Fsp3) is 1.00. The van der Waals surface area contributed by atoms with Crippen LogP contribution in [0.4, 0.5) is 0 Å². The van der Waals surface area contributed by atoms with E-state index in [0.717, 1.165) is 0 Å². The van der Waals surface area contributed by atoms with Gasteiger partial charge in [0.15, 0.2) is 0 Å². The molecule has 2 nitrogen and oxygen atoms in total. The number of hydrogen-bond donors (Lipinski definition) is 0. The summed E-state index contributed by atoms with van der Waals surface area (Å²) in [6.45, 7) is 17.3. The Morgan fingerprint density at radius 1 is 0.250 bits per heavy atom. The van der Waals surface area contributed by atoms with Gasteiger partial charge in [-0.2, -0.15) is 0 Å². The van der Waals surface area contributed by atoms with Crippen LogP contribution >= 0.6 is 0 Å². The van der Waals surface area contributed by atoms with Gasteiger partial charge in [-0.1, -0.05) is 118 Å². The molecule has 0 aliphatic rings. The van der Waals surface area contributed by atoms with Gasteiger partial charge in [0.05, 0.1) is 0 Å². The molecular weight excluding hydrogens is 388 g/mol. The van der Waals surface area contributed by atoms with Gasteiger partial charge in [0.2, 0.25) is 0 Å². The van der Waals surface area contributed by atoms with Crippen LogP contribution in [-0.4, -0.2) is 49.1 Å². The van der Waals surface area contributed by atoms with Crippen LogP contribution in [0.3, 0.4) is 0 Å². The van der Waals surface area contributed by atoms with Gasteiger partial charge in [-0.25, -0.2) is 0 Å². The van der Waals surface area contributed by atoms with Crippen molar-refractivity contribution in [3.05, 3.63) is 0 Å². The van der Waals surface area contributed by atoms with E-state index in [9.17, 15) is 0 Å². The third kappa shape index (κ3) is 23.1. The van der Waals surface area contributed by atoms with E-state index in [4.69, 9.17) is 0 Å². The van der Waals surface area contributed by atoms with Crippen molar-refractivity contribution in [2.75, 3.05) is 39.3 Å². The Morgan fingerprint density at radius 3 is 0.625 bits per heavy atom. The first kappa shape index (κ1) is 31.9. The molecule has 32 heavy (non-hydrogen) atoms. The largest absolute Gasteiger partial charge is 0.303 e. The Balaban J connectivity index is 4.04. The fourth-order valence-electron chi connectivity index (χ4n) is 4.74. The van der Waals surface area contributed by atoms with Crippen molar-refractivity contribution in [1.29, 1.82) is 0 Å². The first-order valence-corrected chi connectivity index (χ1v) is 15.2. The second-order valence-electron chi connectivity index (χ2n) is 10.3. The lowest BCUT2D eigenvalue weighted by Gasteiger charge is -2.23. The highest BCUT2D eigenvalue weighted by Crippen LogP contribution is 2.10. The van der Waals surface area contributed by atoms with Crippen molar-refractivity contribution in [3.63, 3.8) is 0 Å². The predicted molar refractivity (Wildman–Crippen MR) is 148 cm³/mol. The molecule has 0 aliphatic heterocycles. The van der Waals surface area contributed by atoms with Crippen molar-refractivity contribution in [2.24, 2.45) is 0 Å². The molecule has 0 N–H and O–H groups in total. The fourth-order valence-corrected chi connectivity index (χ4v) is 4.74. The van der Waals surface area contributed by atoms with Crippen LogP contribution in [0.5, 0.6) is 0 Å². The molecule has 0 aromatic heterocycles. The van der Waals surface area contributed by atoms with Crippen molar-refractivity contribution in [1.82, 2.24) is 9.80 Å². The first-order valence-electron chi connectivity index (χ1n) is 15.2. The summed E-state index contributed by atoms with van der Waals surface area (Å²) in [5, 5.41) is 0. The summed E-state index contributed by atoms with van der Waals surface area (Å²) in [6.07, 6.45) is 28.1. The molecule has 2 heteroatoms. The van der Waals surface area contributed by atoms with Gasteiger partial charge in [0.25, 0.3) is 0 Å². The molecule has 0 saturated carbocycles. The molecule has 0 rings (SSSR count). The second-order valence-corrected chi connectivity index (χ2v) is 10.3. The molecular formula is C30H64N2. The molecule has 0 unspecified atom stereocenters. The van der Waals surface area contributed by atoms with Crippen molar-refractivity contribution < 1.29 is 0 Å². The average molecular weight is 453 g/mol. The Labute approximate surface area is 205 Å². The highest BCUT2D eigenvalue weighted by molar-refractivity contribution is 4.62. The minimum Gasteiger partial charge on any atom is -0.303 e. The zero-order chi connectivity index (χ0) is 23.5. The molecule has 0 atom stereocenters. The zero-order valence-corrected chi connectivity index (χ0v) is 23.3. The Kier molecular flexibility index (Phi) is 27.1. The molecule has 0 aromatic carbocycles. The lowest BCUT2D eigenvalue weighted by Crippen LogP contribution is -2.28. The molecule has 0 aliphatic carbocycles. The molecule has 0 spiro atoms. The third-order valence-corrected chi connectivity index (χ3v) is 7.01. The Morgan fingerprint density at radius 2 is 0.438 bits per heavy atom. The van der Waals surface area contributed by atoms with E-state index in [1.165, 1.54) is 168 Å². The van der Waals surface area contributed by atoms with Crippen LogP contribution in [0.25, 0.3) is 0 Å². The summed E-state index contributed by atoms with van der Waals surface area (Å²) >= 11 is 0. The number of hydrogen-bond acceptors (Lipinski definition) is 2. The molecule has 0 fully saturated rings. The summed E-state index contributed by atoms with van der Waals surface area (Å²) < 4.78 is 0. The van der Waals surface area contributed by atoms with Gasteiger partial charge in [-0.05, 0) is 77.8 Å². The van der Waals surface area contributed by atoms with E-state index < -0.39 is 0 Å². The Hall–Kier alpha value is -0.0800. The van der Waals surface area contributed by atoms with Gasteiger partial charge in [-0.3, -0.25) is 0 Å². The van der Waals surface area contributed by atoms with Crippen LogP contribution < -0.4 is 0 Å². The molecule has 0 saturated heterocycles. The summed E-state index contributed by atoms with van der Waals surface area (Å²) in [5.41, 5.74) is 0. The van der Waals surface area contributed by atoms with Gasteiger partial charge in [-0.15, -0.1) is 0 Å². The summed E-state index contributed by atoms with van der Waals surface area (Å²) in [6, 6.07) is 0. The normalized spacial score (nSPS) is 11.8. The molecule has 0 amide bonds. The monoisotopic (exact) mass is 453 g/mol. The standard InChI is InChI=1S/C30H64N2/c1-5-9-13-19-25-31(26-20-14-10-6-2)29-23-17-18-24-30-32(27-21-15-11-7-3)28-22-16-12-8-4/h5-30H2,1-4H3. The van der Waals surface area contributed by atoms with Gasteiger partial charge < -0.3 is 9.80 Å². The molecule has 0 heterocycles. The van der Waals surface area contributed by atoms with E-state index in [-0.39, 0.29) is 0 Å². The van der Waals surface area contributed by atoms with E-state index in [2.05, 4.69) is 37.5 Å². The molecule has 0 aromatic rings. The quantitative estimate of drug-likeness (QED) is 0.114. The minimum atomic E-state index is 1.34. The van der Waals surface area contributed by atoms with Crippen molar-refractivity contribution in [3.8, 4) is 0 Å². The minimum absolute atomic E-state index is 1.34. The van der Waals surface area contributed by atoms with Crippen LogP contribution in [0.2, 0.25) is 0 Å². The van der Waals surface area contributed by atoms with Crippen LogP contribution in [0.1, 0.15) is 156 Å². The highest BCUT2D eigenvalue weighted by atomic mass is 15.1.